The second-order valence-corrected chi connectivity index (χ2v) is 7.21. The lowest BCUT2D eigenvalue weighted by atomic mass is 9.87. The molecule has 0 atom stereocenters. The number of nitrogens with zero attached hydrogens (tertiary/aromatic N) is 1. The number of ether oxygens (including phenoxy) is 1. The van der Waals surface area contributed by atoms with Crippen molar-refractivity contribution in [3.63, 3.8) is 0 Å². The number of hydrogen-bond donors (Lipinski definition) is 1. The maximum absolute atomic E-state index is 12.2. The van der Waals surface area contributed by atoms with Crippen LogP contribution in [0.1, 0.15) is 43.0 Å². The van der Waals surface area contributed by atoms with Gasteiger partial charge in [0, 0.05) is 23.7 Å². The summed E-state index contributed by atoms with van der Waals surface area (Å²) in [5, 5.41) is 2.98. The zero-order valence-corrected chi connectivity index (χ0v) is 15.9. The number of hydrogen-bond acceptors (Lipinski definition) is 4. The van der Waals surface area contributed by atoms with Gasteiger partial charge in [0.1, 0.15) is 6.54 Å². The molecule has 0 heterocycles. The van der Waals surface area contributed by atoms with Gasteiger partial charge in [-0.25, -0.2) is 0 Å². The van der Waals surface area contributed by atoms with Gasteiger partial charge in [-0.15, -0.1) is 0 Å². The lowest BCUT2D eigenvalue weighted by molar-refractivity contribution is -0.151. The van der Waals surface area contributed by atoms with Gasteiger partial charge in [0.2, 0.25) is 0 Å². The Kier molecular flexibility index (Phi) is 7.45. The van der Waals surface area contributed by atoms with Crippen molar-refractivity contribution in [1.29, 1.82) is 0 Å². The zero-order valence-electron chi connectivity index (χ0n) is 15.2. The molecule has 1 aliphatic rings. The molecule has 142 valence electrons. The van der Waals surface area contributed by atoms with Crippen LogP contribution in [0.4, 0.5) is 0 Å². The largest absolute Gasteiger partial charge is 0.454 e. The van der Waals surface area contributed by atoms with Gasteiger partial charge in [-0.1, -0.05) is 18.5 Å². The Balaban J connectivity index is 1.70. The van der Waals surface area contributed by atoms with E-state index >= 15 is 0 Å². The Morgan fingerprint density at radius 1 is 1.15 bits per heavy atom. The number of carbonyl (C=O) groups excluding carboxylic acids is 3. The number of nitrogens with one attached hydrogen (secondary N) is 1. The van der Waals surface area contributed by atoms with Crippen molar-refractivity contribution < 1.29 is 19.1 Å². The maximum Gasteiger partial charge on any atom is 0.325 e. The fraction of sp³-hybridized carbons (Fsp3) is 0.526. The number of esters is 1. The molecule has 1 aliphatic carbocycles. The van der Waals surface area contributed by atoms with Crippen LogP contribution in [0.3, 0.4) is 0 Å². The molecular weight excluding hydrogens is 356 g/mol. The maximum atomic E-state index is 12.2. The van der Waals surface area contributed by atoms with E-state index < -0.39 is 11.9 Å². The van der Waals surface area contributed by atoms with Crippen molar-refractivity contribution in [3.05, 3.63) is 34.9 Å². The van der Waals surface area contributed by atoms with Gasteiger partial charge in [-0.2, -0.15) is 0 Å². The highest BCUT2D eigenvalue weighted by molar-refractivity contribution is 6.30. The van der Waals surface area contributed by atoms with E-state index in [9.17, 15) is 14.4 Å². The van der Waals surface area contributed by atoms with Crippen molar-refractivity contribution in [2.75, 3.05) is 20.2 Å². The molecule has 1 saturated carbocycles. The van der Waals surface area contributed by atoms with Crippen LogP contribution in [0.2, 0.25) is 5.02 Å². The molecule has 2 rings (SSSR count). The van der Waals surface area contributed by atoms with Crippen LogP contribution in [0.25, 0.3) is 0 Å². The van der Waals surface area contributed by atoms with Gasteiger partial charge in [0.05, 0.1) is 0 Å². The third kappa shape index (κ3) is 6.02. The highest BCUT2D eigenvalue weighted by Gasteiger charge is 2.25. The van der Waals surface area contributed by atoms with Crippen LogP contribution in [-0.2, 0) is 14.3 Å². The first-order valence-electron chi connectivity index (χ1n) is 8.82. The molecule has 0 unspecified atom stereocenters. The van der Waals surface area contributed by atoms with Gasteiger partial charge >= 0.3 is 5.97 Å². The summed E-state index contributed by atoms with van der Waals surface area (Å²) in [4.78, 5) is 37.5. The predicted octanol–water partition coefficient (Wildman–Crippen LogP) is 2.65. The van der Waals surface area contributed by atoms with E-state index in [1.54, 1.807) is 36.2 Å². The fourth-order valence-corrected chi connectivity index (χ4v) is 3.11. The molecule has 0 aromatic heterocycles. The first kappa shape index (κ1) is 20.2. The summed E-state index contributed by atoms with van der Waals surface area (Å²) >= 11 is 5.76. The minimum Gasteiger partial charge on any atom is -0.454 e. The first-order valence-corrected chi connectivity index (χ1v) is 9.19. The van der Waals surface area contributed by atoms with Gasteiger partial charge in [-0.3, -0.25) is 14.4 Å². The van der Waals surface area contributed by atoms with E-state index in [4.69, 9.17) is 16.3 Å². The first-order chi connectivity index (χ1) is 12.4. The number of carbonyl (C=O) groups is 3. The second-order valence-electron chi connectivity index (χ2n) is 6.77. The fourth-order valence-electron chi connectivity index (χ4n) is 2.98. The minimum absolute atomic E-state index is 0.210. The van der Waals surface area contributed by atoms with Crippen molar-refractivity contribution in [1.82, 2.24) is 10.2 Å². The summed E-state index contributed by atoms with van der Waals surface area (Å²) in [5.74, 6) is -0.566. The zero-order chi connectivity index (χ0) is 19.1. The van der Waals surface area contributed by atoms with Gasteiger partial charge < -0.3 is 15.0 Å². The van der Waals surface area contributed by atoms with E-state index in [1.165, 1.54) is 0 Å². The number of benzene rings is 1. The van der Waals surface area contributed by atoms with Crippen molar-refractivity contribution in [2.24, 2.45) is 5.92 Å². The average Bonchev–Trinajstić information content (AvgIpc) is 2.64. The van der Waals surface area contributed by atoms with Gasteiger partial charge in [0.15, 0.2) is 6.61 Å². The topological polar surface area (TPSA) is 75.7 Å². The van der Waals surface area contributed by atoms with Gasteiger partial charge in [0.25, 0.3) is 11.8 Å². The van der Waals surface area contributed by atoms with E-state index in [1.807, 2.05) is 0 Å². The Morgan fingerprint density at radius 2 is 1.77 bits per heavy atom. The summed E-state index contributed by atoms with van der Waals surface area (Å²) < 4.78 is 4.98. The summed E-state index contributed by atoms with van der Waals surface area (Å²) in [6.45, 7) is 1.62. The monoisotopic (exact) mass is 380 g/mol. The number of likely N-dealkylation sites (N-methyl/N-ethyl adjacent to an activating group) is 1. The molecule has 1 aromatic carbocycles. The molecule has 6 nitrogen and oxygen atoms in total. The molecule has 0 radical (unpaired) electrons. The number of rotatable bonds is 6. The van der Waals surface area contributed by atoms with Crippen LogP contribution in [0.5, 0.6) is 0 Å². The van der Waals surface area contributed by atoms with Crippen LogP contribution < -0.4 is 5.32 Å². The van der Waals surface area contributed by atoms with Crippen LogP contribution in [0.15, 0.2) is 24.3 Å². The third-order valence-corrected chi connectivity index (χ3v) is 5.03. The molecule has 0 aliphatic heterocycles. The Labute approximate surface area is 158 Å². The lowest BCUT2D eigenvalue weighted by Crippen LogP contribution is -2.42. The number of amides is 2. The lowest BCUT2D eigenvalue weighted by Gasteiger charge is -2.33. The molecule has 0 spiro atoms. The van der Waals surface area contributed by atoms with Crippen LogP contribution in [-0.4, -0.2) is 48.9 Å². The van der Waals surface area contributed by atoms with E-state index in [0.717, 1.165) is 25.7 Å². The van der Waals surface area contributed by atoms with Crippen LogP contribution >= 0.6 is 11.6 Å². The van der Waals surface area contributed by atoms with Crippen molar-refractivity contribution >= 4 is 29.4 Å². The second kappa shape index (κ2) is 9.57. The predicted molar refractivity (Wildman–Crippen MR) is 98.9 cm³/mol. The summed E-state index contributed by atoms with van der Waals surface area (Å²) in [7, 11) is 1.75. The smallest absolute Gasteiger partial charge is 0.325 e. The standard InChI is InChI=1S/C19H25ClN2O4/c1-13-3-9-16(10-4-13)22(2)17(23)12-26-18(24)11-21-19(25)14-5-7-15(20)8-6-14/h5-8,13,16H,3-4,9-12H2,1-2H3,(H,21,25). The Hall–Kier alpha value is -2.08. The molecule has 0 bridgehead atoms. The highest BCUT2D eigenvalue weighted by atomic mass is 35.5. The molecule has 1 fully saturated rings. The third-order valence-electron chi connectivity index (χ3n) is 4.78. The molecule has 26 heavy (non-hydrogen) atoms. The number of halogens is 1. The van der Waals surface area contributed by atoms with Crippen molar-refractivity contribution in [3.8, 4) is 0 Å². The summed E-state index contributed by atoms with van der Waals surface area (Å²) in [5.41, 5.74) is 0.393. The quantitative estimate of drug-likeness (QED) is 0.770. The van der Waals surface area contributed by atoms with Gasteiger partial charge in [-0.05, 0) is 55.9 Å². The molecule has 1 aromatic rings. The average molecular weight is 381 g/mol. The van der Waals surface area contributed by atoms with Crippen molar-refractivity contribution in [2.45, 2.75) is 38.6 Å². The SMILES string of the molecule is CC1CCC(N(C)C(=O)COC(=O)CNC(=O)c2ccc(Cl)cc2)CC1. The Bertz CT molecular complexity index is 639. The van der Waals surface area contributed by atoms with Crippen LogP contribution in [0, 0.1) is 5.92 Å². The van der Waals surface area contributed by atoms with E-state index in [2.05, 4.69) is 12.2 Å². The normalized spacial score (nSPS) is 19.5. The highest BCUT2D eigenvalue weighted by Crippen LogP contribution is 2.26. The Morgan fingerprint density at radius 3 is 2.38 bits per heavy atom. The molecule has 0 saturated heterocycles. The summed E-state index contributed by atoms with van der Waals surface area (Å²) in [6.07, 6.45) is 4.18. The van der Waals surface area contributed by atoms with E-state index in [0.29, 0.717) is 16.5 Å². The molecule has 1 N–H and O–H groups in total. The minimum atomic E-state index is -0.647. The van der Waals surface area contributed by atoms with E-state index in [-0.39, 0.29) is 25.1 Å². The molecule has 7 heteroatoms. The summed E-state index contributed by atoms with van der Waals surface area (Å²) in [6, 6.07) is 6.52. The molecular formula is C19H25ClN2O4. The molecule has 2 amide bonds.